The predicted molar refractivity (Wildman–Crippen MR) is 73.5 cm³/mol. The Kier molecular flexibility index (Phi) is 6.44. The third kappa shape index (κ3) is 5.32. The third-order valence-corrected chi connectivity index (χ3v) is 3.12. The minimum atomic E-state index is -0.855. The highest BCUT2D eigenvalue weighted by atomic mass is 16.4. The van der Waals surface area contributed by atoms with E-state index in [0.29, 0.717) is 0 Å². The largest absolute Gasteiger partial charge is 0.481 e. The summed E-state index contributed by atoms with van der Waals surface area (Å²) in [6, 6.07) is 7.61. The van der Waals surface area contributed by atoms with Gasteiger partial charge >= 0.3 is 5.97 Å². The molecule has 0 radical (unpaired) electrons. The van der Waals surface area contributed by atoms with E-state index in [2.05, 4.69) is 19.1 Å². The molecular formula is C15H23NO2. The van der Waals surface area contributed by atoms with Gasteiger partial charge in [0, 0.05) is 6.04 Å². The Balaban J connectivity index is 2.44. The molecule has 0 aliphatic carbocycles. The maximum absolute atomic E-state index is 10.6. The maximum atomic E-state index is 10.6. The van der Waals surface area contributed by atoms with Crippen molar-refractivity contribution in [3.8, 4) is 0 Å². The number of hydrogen-bond donors (Lipinski definition) is 2. The van der Waals surface area contributed by atoms with Gasteiger partial charge in [0.05, 0.1) is 6.42 Å². The molecule has 1 rings (SSSR count). The summed E-state index contributed by atoms with van der Waals surface area (Å²) in [5.41, 5.74) is 8.01. The number of carbonyl (C=O) groups is 1. The van der Waals surface area contributed by atoms with E-state index in [4.69, 9.17) is 10.8 Å². The van der Waals surface area contributed by atoms with Crippen LogP contribution in [-0.4, -0.2) is 11.1 Å². The van der Waals surface area contributed by atoms with Crippen LogP contribution in [0.25, 0.3) is 0 Å². The van der Waals surface area contributed by atoms with Crippen LogP contribution in [0.4, 0.5) is 0 Å². The summed E-state index contributed by atoms with van der Waals surface area (Å²) in [5, 5.41) is 8.69. The van der Waals surface area contributed by atoms with Crippen molar-refractivity contribution in [1.82, 2.24) is 0 Å². The Bertz CT molecular complexity index is 359. The molecule has 1 aromatic carbocycles. The molecule has 0 aromatic heterocycles. The summed E-state index contributed by atoms with van der Waals surface area (Å²) in [6.07, 6.45) is 6.11. The number of aryl methyl sites for hydroxylation is 1. The smallest absolute Gasteiger partial charge is 0.305 e. The third-order valence-electron chi connectivity index (χ3n) is 3.12. The zero-order valence-electron chi connectivity index (χ0n) is 11.1. The van der Waals surface area contributed by atoms with Gasteiger partial charge < -0.3 is 10.8 Å². The van der Waals surface area contributed by atoms with Crippen molar-refractivity contribution in [3.05, 3.63) is 35.4 Å². The molecule has 3 nitrogen and oxygen atoms in total. The van der Waals surface area contributed by atoms with Gasteiger partial charge in [0.25, 0.3) is 0 Å². The maximum Gasteiger partial charge on any atom is 0.305 e. The van der Waals surface area contributed by atoms with E-state index in [1.165, 1.54) is 31.2 Å². The standard InChI is InChI=1S/C15H23NO2/c1-2-3-4-5-6-12-7-9-13(10-8-12)14(16)11-15(17)18/h7-10,14H,2-6,11,16H2,1H3,(H,17,18). The second kappa shape index (κ2) is 7.88. The van der Waals surface area contributed by atoms with Crippen LogP contribution in [0, 0.1) is 0 Å². The van der Waals surface area contributed by atoms with Gasteiger partial charge in [-0.25, -0.2) is 0 Å². The van der Waals surface area contributed by atoms with Crippen molar-refractivity contribution in [2.45, 2.75) is 51.5 Å². The molecule has 0 aliphatic rings. The van der Waals surface area contributed by atoms with Crippen LogP contribution in [0.1, 0.15) is 56.2 Å². The molecule has 0 saturated carbocycles. The van der Waals surface area contributed by atoms with Crippen LogP contribution in [0.2, 0.25) is 0 Å². The number of hydrogen-bond acceptors (Lipinski definition) is 2. The van der Waals surface area contributed by atoms with Gasteiger partial charge in [-0.15, -0.1) is 0 Å². The normalized spacial score (nSPS) is 12.3. The Morgan fingerprint density at radius 3 is 2.44 bits per heavy atom. The predicted octanol–water partition coefficient (Wildman–Crippen LogP) is 3.28. The van der Waals surface area contributed by atoms with Gasteiger partial charge in [0.15, 0.2) is 0 Å². The Labute approximate surface area is 109 Å². The molecule has 0 spiro atoms. The van der Waals surface area contributed by atoms with E-state index in [-0.39, 0.29) is 6.42 Å². The molecule has 0 fully saturated rings. The lowest BCUT2D eigenvalue weighted by atomic mass is 10.0. The molecule has 1 aromatic rings. The number of benzene rings is 1. The number of aliphatic carboxylic acids is 1. The van der Waals surface area contributed by atoms with Crippen molar-refractivity contribution in [1.29, 1.82) is 0 Å². The van der Waals surface area contributed by atoms with Crippen LogP contribution in [0.3, 0.4) is 0 Å². The zero-order valence-corrected chi connectivity index (χ0v) is 11.1. The first-order valence-electron chi connectivity index (χ1n) is 6.69. The summed E-state index contributed by atoms with van der Waals surface area (Å²) in [5.74, 6) is -0.855. The molecule has 0 heterocycles. The van der Waals surface area contributed by atoms with E-state index >= 15 is 0 Å². The first-order chi connectivity index (χ1) is 8.63. The van der Waals surface area contributed by atoms with Crippen molar-refractivity contribution < 1.29 is 9.90 Å². The summed E-state index contributed by atoms with van der Waals surface area (Å²) in [6.45, 7) is 2.21. The van der Waals surface area contributed by atoms with Crippen LogP contribution in [0.15, 0.2) is 24.3 Å². The monoisotopic (exact) mass is 249 g/mol. The van der Waals surface area contributed by atoms with Crippen LogP contribution < -0.4 is 5.73 Å². The molecule has 18 heavy (non-hydrogen) atoms. The topological polar surface area (TPSA) is 63.3 Å². The summed E-state index contributed by atoms with van der Waals surface area (Å²) < 4.78 is 0. The van der Waals surface area contributed by atoms with Gasteiger partial charge in [-0.2, -0.15) is 0 Å². The van der Waals surface area contributed by atoms with E-state index in [9.17, 15) is 4.79 Å². The highest BCUT2D eigenvalue weighted by molar-refractivity contribution is 5.67. The highest BCUT2D eigenvalue weighted by Crippen LogP contribution is 2.16. The van der Waals surface area contributed by atoms with Crippen molar-refractivity contribution in [3.63, 3.8) is 0 Å². The first-order valence-corrected chi connectivity index (χ1v) is 6.69. The molecule has 100 valence electrons. The number of unbranched alkanes of at least 4 members (excludes halogenated alkanes) is 3. The molecule has 3 heteroatoms. The summed E-state index contributed by atoms with van der Waals surface area (Å²) >= 11 is 0. The SMILES string of the molecule is CCCCCCc1ccc(C(N)CC(=O)O)cc1. The average Bonchev–Trinajstić information content (AvgIpc) is 2.34. The Hall–Kier alpha value is -1.35. The van der Waals surface area contributed by atoms with Crippen molar-refractivity contribution >= 4 is 5.97 Å². The lowest BCUT2D eigenvalue weighted by Crippen LogP contribution is -2.14. The zero-order chi connectivity index (χ0) is 13.4. The quantitative estimate of drug-likeness (QED) is 0.695. The van der Waals surface area contributed by atoms with Crippen molar-refractivity contribution in [2.75, 3.05) is 0 Å². The fourth-order valence-corrected chi connectivity index (χ4v) is 1.99. The molecule has 3 N–H and O–H groups in total. The van der Waals surface area contributed by atoms with Gasteiger partial charge in [0.2, 0.25) is 0 Å². The van der Waals surface area contributed by atoms with Crippen LogP contribution in [0.5, 0.6) is 0 Å². The van der Waals surface area contributed by atoms with Gasteiger partial charge in [0.1, 0.15) is 0 Å². The van der Waals surface area contributed by atoms with E-state index in [1.807, 2.05) is 12.1 Å². The first kappa shape index (κ1) is 14.7. The molecular weight excluding hydrogens is 226 g/mol. The molecule has 0 aliphatic heterocycles. The lowest BCUT2D eigenvalue weighted by Gasteiger charge is -2.10. The Morgan fingerprint density at radius 1 is 1.22 bits per heavy atom. The minimum absolute atomic E-state index is 0.0180. The van der Waals surface area contributed by atoms with Crippen LogP contribution in [-0.2, 0) is 11.2 Å². The average molecular weight is 249 g/mol. The fourth-order valence-electron chi connectivity index (χ4n) is 1.99. The van der Waals surface area contributed by atoms with Gasteiger partial charge in [-0.05, 0) is 24.0 Å². The lowest BCUT2D eigenvalue weighted by molar-refractivity contribution is -0.137. The molecule has 0 amide bonds. The number of nitrogens with two attached hydrogens (primary N) is 1. The minimum Gasteiger partial charge on any atom is -0.481 e. The van der Waals surface area contributed by atoms with E-state index < -0.39 is 12.0 Å². The molecule has 0 bridgehead atoms. The number of rotatable bonds is 8. The molecule has 0 saturated heterocycles. The summed E-state index contributed by atoms with van der Waals surface area (Å²) in [7, 11) is 0. The van der Waals surface area contributed by atoms with Gasteiger partial charge in [-0.3, -0.25) is 4.79 Å². The van der Waals surface area contributed by atoms with E-state index in [0.717, 1.165) is 12.0 Å². The van der Waals surface area contributed by atoms with Gasteiger partial charge in [-0.1, -0.05) is 50.5 Å². The molecule has 1 unspecified atom stereocenters. The number of carboxylic acid groups (broad SMARTS) is 1. The fraction of sp³-hybridized carbons (Fsp3) is 0.533. The highest BCUT2D eigenvalue weighted by Gasteiger charge is 2.09. The second-order valence-corrected chi connectivity index (χ2v) is 4.76. The van der Waals surface area contributed by atoms with Crippen molar-refractivity contribution in [2.24, 2.45) is 5.73 Å². The molecule has 1 atom stereocenters. The van der Waals surface area contributed by atoms with E-state index in [1.54, 1.807) is 0 Å². The Morgan fingerprint density at radius 2 is 1.89 bits per heavy atom. The van der Waals surface area contributed by atoms with Crippen LogP contribution >= 0.6 is 0 Å². The summed E-state index contributed by atoms with van der Waals surface area (Å²) in [4.78, 5) is 10.6. The number of carboxylic acids is 1. The second-order valence-electron chi connectivity index (χ2n) is 4.76.